The second-order valence-electron chi connectivity index (χ2n) is 6.26. The van der Waals surface area contributed by atoms with Crippen LogP contribution in [0.1, 0.15) is 12.8 Å². The molecular formula is C19H22FN3O3S. The van der Waals surface area contributed by atoms with Crippen LogP contribution in [0.25, 0.3) is 0 Å². The molecule has 2 heterocycles. The van der Waals surface area contributed by atoms with Gasteiger partial charge in [-0.15, -0.1) is 11.3 Å². The summed E-state index contributed by atoms with van der Waals surface area (Å²) in [5.74, 6) is 0.138. The molecule has 2 aromatic rings. The Bertz CT molecular complexity index is 744. The van der Waals surface area contributed by atoms with Crippen LogP contribution in [0, 0.1) is 11.7 Å². The third kappa shape index (κ3) is 5.68. The molecule has 3 amide bonds. The first kappa shape index (κ1) is 19.2. The minimum Gasteiger partial charge on any atom is -0.492 e. The maximum Gasteiger partial charge on any atom is 0.322 e. The lowest BCUT2D eigenvalue weighted by molar-refractivity contribution is -0.126. The number of carbonyl (C=O) groups is 2. The van der Waals surface area contributed by atoms with Crippen LogP contribution in [0.2, 0.25) is 0 Å². The van der Waals surface area contributed by atoms with Gasteiger partial charge in [0.2, 0.25) is 5.91 Å². The highest BCUT2D eigenvalue weighted by Crippen LogP contribution is 2.20. The Morgan fingerprint density at radius 3 is 2.59 bits per heavy atom. The van der Waals surface area contributed by atoms with Crippen LogP contribution in [-0.2, 0) is 4.79 Å². The summed E-state index contributed by atoms with van der Waals surface area (Å²) in [5.41, 5.74) is 0. The number of hydrogen-bond donors (Lipinski definition) is 2. The highest BCUT2D eigenvalue weighted by Gasteiger charge is 2.27. The maximum absolute atomic E-state index is 12.8. The number of nitrogens with zero attached hydrogens (tertiary/aromatic N) is 1. The Morgan fingerprint density at radius 1 is 1.19 bits per heavy atom. The van der Waals surface area contributed by atoms with E-state index in [4.69, 9.17) is 4.74 Å². The van der Waals surface area contributed by atoms with Crippen molar-refractivity contribution in [3.63, 3.8) is 0 Å². The van der Waals surface area contributed by atoms with Crippen LogP contribution in [0.3, 0.4) is 0 Å². The van der Waals surface area contributed by atoms with Crippen molar-refractivity contribution in [3.8, 4) is 5.75 Å². The maximum atomic E-state index is 12.8. The number of urea groups is 1. The summed E-state index contributed by atoms with van der Waals surface area (Å²) in [6.45, 7) is 1.82. The van der Waals surface area contributed by atoms with E-state index in [9.17, 15) is 14.0 Å². The van der Waals surface area contributed by atoms with Gasteiger partial charge in [0.05, 0.1) is 11.5 Å². The lowest BCUT2D eigenvalue weighted by Gasteiger charge is -2.31. The lowest BCUT2D eigenvalue weighted by atomic mass is 9.96. The molecular weight excluding hydrogens is 369 g/mol. The van der Waals surface area contributed by atoms with Gasteiger partial charge in [-0.1, -0.05) is 0 Å². The summed E-state index contributed by atoms with van der Waals surface area (Å²) in [6.07, 6.45) is 1.28. The molecule has 2 N–H and O–H groups in total. The SMILES string of the molecule is O=C(NCCOc1ccc(F)cc1)C1CCN(C(=O)Nc2cccs2)CC1. The molecule has 0 unspecified atom stereocenters. The molecule has 1 aliphatic heterocycles. The zero-order chi connectivity index (χ0) is 19.1. The van der Waals surface area contributed by atoms with E-state index in [2.05, 4.69) is 10.6 Å². The zero-order valence-electron chi connectivity index (χ0n) is 14.8. The van der Waals surface area contributed by atoms with Gasteiger partial charge in [-0.2, -0.15) is 0 Å². The molecule has 8 heteroatoms. The average molecular weight is 391 g/mol. The van der Waals surface area contributed by atoms with Crippen LogP contribution < -0.4 is 15.4 Å². The summed E-state index contributed by atoms with van der Waals surface area (Å²) in [4.78, 5) is 26.2. The number of ether oxygens (including phenoxy) is 1. The predicted octanol–water partition coefficient (Wildman–Crippen LogP) is 3.33. The van der Waals surface area contributed by atoms with E-state index >= 15 is 0 Å². The van der Waals surface area contributed by atoms with Gasteiger partial charge in [-0.3, -0.25) is 10.1 Å². The summed E-state index contributed by atoms with van der Waals surface area (Å²) >= 11 is 1.48. The largest absolute Gasteiger partial charge is 0.492 e. The van der Waals surface area contributed by atoms with Gasteiger partial charge in [0.15, 0.2) is 0 Å². The number of thiophene rings is 1. The number of anilines is 1. The Labute approximate surface area is 161 Å². The smallest absolute Gasteiger partial charge is 0.322 e. The second kappa shape index (κ2) is 9.36. The topological polar surface area (TPSA) is 70.7 Å². The monoisotopic (exact) mass is 391 g/mol. The number of likely N-dealkylation sites (tertiary alicyclic amines) is 1. The summed E-state index contributed by atoms with van der Waals surface area (Å²) < 4.78 is 18.3. The fourth-order valence-electron chi connectivity index (χ4n) is 2.90. The molecule has 1 aromatic heterocycles. The number of rotatable bonds is 6. The Hall–Kier alpha value is -2.61. The van der Waals surface area contributed by atoms with E-state index in [1.165, 1.54) is 23.5 Å². The number of carbonyl (C=O) groups excluding carboxylic acids is 2. The standard InChI is InChI=1S/C19H22FN3O3S/c20-15-3-5-16(6-4-15)26-12-9-21-18(24)14-7-10-23(11-8-14)19(25)22-17-2-1-13-27-17/h1-6,13-14H,7-12H2,(H,21,24)(H,22,25). The Morgan fingerprint density at radius 2 is 1.93 bits per heavy atom. The van der Waals surface area contributed by atoms with Gasteiger partial charge >= 0.3 is 6.03 Å². The predicted molar refractivity (Wildman–Crippen MR) is 103 cm³/mol. The highest BCUT2D eigenvalue weighted by atomic mass is 32.1. The van der Waals surface area contributed by atoms with Gasteiger partial charge in [0, 0.05) is 19.0 Å². The third-order valence-corrected chi connectivity index (χ3v) is 5.17. The first-order valence-electron chi connectivity index (χ1n) is 8.87. The van der Waals surface area contributed by atoms with Crippen LogP contribution in [0.4, 0.5) is 14.2 Å². The fourth-order valence-corrected chi connectivity index (χ4v) is 3.50. The molecule has 0 atom stereocenters. The summed E-state index contributed by atoms with van der Waals surface area (Å²) in [6, 6.07) is 9.38. The van der Waals surface area contributed by atoms with E-state index < -0.39 is 0 Å². The molecule has 1 fully saturated rings. The molecule has 0 radical (unpaired) electrons. The van der Waals surface area contributed by atoms with Crippen molar-refractivity contribution in [2.24, 2.45) is 5.92 Å². The number of amides is 3. The van der Waals surface area contributed by atoms with E-state index in [1.807, 2.05) is 17.5 Å². The fraction of sp³-hybridized carbons (Fsp3) is 0.368. The van der Waals surface area contributed by atoms with Crippen molar-refractivity contribution < 1.29 is 18.7 Å². The van der Waals surface area contributed by atoms with Crippen LogP contribution in [-0.4, -0.2) is 43.1 Å². The van der Waals surface area contributed by atoms with Gasteiger partial charge in [-0.05, 0) is 54.6 Å². The van der Waals surface area contributed by atoms with Gasteiger partial charge in [0.25, 0.3) is 0 Å². The molecule has 144 valence electrons. The van der Waals surface area contributed by atoms with Crippen molar-refractivity contribution in [1.29, 1.82) is 0 Å². The van der Waals surface area contributed by atoms with Crippen molar-refractivity contribution in [2.75, 3.05) is 31.6 Å². The van der Waals surface area contributed by atoms with Crippen molar-refractivity contribution >= 4 is 28.3 Å². The number of hydrogen-bond acceptors (Lipinski definition) is 4. The van der Waals surface area contributed by atoms with Crippen LogP contribution >= 0.6 is 11.3 Å². The van der Waals surface area contributed by atoms with Gasteiger partial charge in [-0.25, -0.2) is 9.18 Å². The number of halogens is 1. The third-order valence-electron chi connectivity index (χ3n) is 4.39. The van der Waals surface area contributed by atoms with E-state index in [0.29, 0.717) is 44.8 Å². The minimum absolute atomic E-state index is 0.0176. The molecule has 0 aliphatic carbocycles. The Balaban J connectivity index is 1.33. The van der Waals surface area contributed by atoms with Gasteiger partial charge in [0.1, 0.15) is 18.2 Å². The minimum atomic E-state index is -0.314. The molecule has 1 aromatic carbocycles. The summed E-state index contributed by atoms with van der Waals surface area (Å²) in [5, 5.41) is 8.45. The molecule has 1 aliphatic rings. The van der Waals surface area contributed by atoms with E-state index in [1.54, 1.807) is 17.0 Å². The number of piperidine rings is 1. The lowest BCUT2D eigenvalue weighted by Crippen LogP contribution is -2.45. The normalized spacial score (nSPS) is 14.6. The van der Waals surface area contributed by atoms with E-state index in [0.717, 1.165) is 5.00 Å². The molecule has 27 heavy (non-hydrogen) atoms. The van der Waals surface area contributed by atoms with Crippen molar-refractivity contribution in [3.05, 3.63) is 47.6 Å². The Kier molecular flexibility index (Phi) is 6.64. The van der Waals surface area contributed by atoms with Crippen molar-refractivity contribution in [1.82, 2.24) is 10.2 Å². The quantitative estimate of drug-likeness (QED) is 0.742. The average Bonchev–Trinajstić information content (AvgIpc) is 3.19. The molecule has 3 rings (SSSR count). The zero-order valence-corrected chi connectivity index (χ0v) is 15.6. The molecule has 1 saturated heterocycles. The first-order chi connectivity index (χ1) is 13.1. The number of nitrogens with one attached hydrogen (secondary N) is 2. The van der Waals surface area contributed by atoms with Gasteiger partial charge < -0.3 is 15.0 Å². The van der Waals surface area contributed by atoms with Crippen LogP contribution in [0.5, 0.6) is 5.75 Å². The van der Waals surface area contributed by atoms with E-state index in [-0.39, 0.29) is 23.7 Å². The summed E-state index contributed by atoms with van der Waals surface area (Å²) in [7, 11) is 0. The first-order valence-corrected chi connectivity index (χ1v) is 9.75. The second-order valence-corrected chi connectivity index (χ2v) is 7.21. The molecule has 0 spiro atoms. The molecule has 6 nitrogen and oxygen atoms in total. The van der Waals surface area contributed by atoms with Crippen molar-refractivity contribution in [2.45, 2.75) is 12.8 Å². The highest BCUT2D eigenvalue weighted by molar-refractivity contribution is 7.14. The molecule has 0 bridgehead atoms. The number of benzene rings is 1. The van der Waals surface area contributed by atoms with Crippen LogP contribution in [0.15, 0.2) is 41.8 Å². The molecule has 0 saturated carbocycles.